The number of furan rings is 3. The smallest absolute Gasteiger partial charge is 0.191 e. The van der Waals surface area contributed by atoms with Crippen LogP contribution in [0.2, 0.25) is 0 Å². The predicted molar refractivity (Wildman–Crippen MR) is 173 cm³/mol. The predicted octanol–water partition coefficient (Wildman–Crippen LogP) is 11.5. The zero-order chi connectivity index (χ0) is 27.1. The minimum absolute atomic E-state index is 0.791. The monoisotopic (exact) mass is 567 g/mol. The highest BCUT2D eigenvalue weighted by Gasteiger charge is 2.25. The number of rotatable bonds is 1. The van der Waals surface area contributed by atoms with Gasteiger partial charge in [0.1, 0.15) is 21.4 Å². The average Bonchev–Trinajstić information content (AvgIpc) is 3.77. The third-order valence-corrected chi connectivity index (χ3v) is 10.8. The van der Waals surface area contributed by atoms with E-state index in [0.29, 0.717) is 0 Å². The summed E-state index contributed by atoms with van der Waals surface area (Å²) in [5.74, 6) is 0. The van der Waals surface area contributed by atoms with Gasteiger partial charge in [-0.25, -0.2) is 0 Å². The first kappa shape index (κ1) is 22.2. The Labute approximate surface area is 240 Å². The molecule has 0 unspecified atom stereocenters. The molecule has 0 bridgehead atoms. The summed E-state index contributed by atoms with van der Waals surface area (Å²) >= 11 is 3.53. The number of hydrogen-bond donors (Lipinski definition) is 0. The third kappa shape index (κ3) is 2.79. The van der Waals surface area contributed by atoms with Crippen LogP contribution >= 0.6 is 22.7 Å². The summed E-state index contributed by atoms with van der Waals surface area (Å²) in [6.45, 7) is 6.39. The molecule has 0 amide bonds. The Hall–Kier alpha value is -4.52. The topological polar surface area (TPSA) is 44.4 Å². The van der Waals surface area contributed by atoms with Gasteiger partial charge in [-0.05, 0) is 74.4 Å². The van der Waals surface area contributed by atoms with Crippen molar-refractivity contribution in [3.8, 4) is 5.69 Å². The van der Waals surface area contributed by atoms with Crippen molar-refractivity contribution in [1.82, 2.24) is 4.57 Å². The van der Waals surface area contributed by atoms with Gasteiger partial charge in [-0.15, -0.1) is 22.7 Å². The summed E-state index contributed by atoms with van der Waals surface area (Å²) in [6.07, 6.45) is 0. The Kier molecular flexibility index (Phi) is 4.01. The maximum Gasteiger partial charge on any atom is 0.191 e. The lowest BCUT2D eigenvalue weighted by atomic mass is 10.2. The standard InChI is InChI=1S/C35H21NO3S2/c1-16-4-8-19(9-5-16)36-24-12-17(2)6-10-20(24)33-28(36)31-34(41-33)23-15-25-22(14-26(23)37-31)29-32(38-25)35-30(39-29)21-11-7-18(3)13-27(21)40-35/h4-15H,1-3H3. The van der Waals surface area contributed by atoms with Gasteiger partial charge in [0.05, 0.1) is 20.3 Å². The maximum absolute atomic E-state index is 6.73. The first-order valence-corrected chi connectivity index (χ1v) is 15.3. The number of hydrogen-bond acceptors (Lipinski definition) is 5. The van der Waals surface area contributed by atoms with Crippen molar-refractivity contribution < 1.29 is 13.3 Å². The van der Waals surface area contributed by atoms with E-state index in [2.05, 4.69) is 98.1 Å². The van der Waals surface area contributed by atoms with E-state index in [9.17, 15) is 0 Å². The van der Waals surface area contributed by atoms with Gasteiger partial charge in [0.15, 0.2) is 22.3 Å². The number of fused-ring (bicyclic) bond motifs is 14. The van der Waals surface area contributed by atoms with Crippen LogP contribution in [0.15, 0.2) is 86.0 Å². The van der Waals surface area contributed by atoms with Crippen LogP contribution in [0.25, 0.3) is 90.6 Å². The fourth-order valence-corrected chi connectivity index (χ4v) is 8.90. The molecular formula is C35H21NO3S2. The summed E-state index contributed by atoms with van der Waals surface area (Å²) < 4.78 is 26.7. The lowest BCUT2D eigenvalue weighted by molar-refractivity contribution is 0.654. The average molecular weight is 568 g/mol. The lowest BCUT2D eigenvalue weighted by Crippen LogP contribution is -1.93. The highest BCUT2D eigenvalue weighted by Crippen LogP contribution is 2.49. The van der Waals surface area contributed by atoms with Crippen LogP contribution < -0.4 is 0 Å². The normalized spacial score (nSPS) is 12.8. The molecule has 10 rings (SSSR count). The highest BCUT2D eigenvalue weighted by molar-refractivity contribution is 7.27. The Morgan fingerprint density at radius 3 is 2.07 bits per heavy atom. The Bertz CT molecular complexity index is 2720. The van der Waals surface area contributed by atoms with Crippen molar-refractivity contribution in [2.24, 2.45) is 0 Å². The molecule has 0 aliphatic rings. The number of nitrogens with zero attached hydrogens (tertiary/aromatic N) is 1. The van der Waals surface area contributed by atoms with Gasteiger partial charge < -0.3 is 17.8 Å². The number of aromatic nitrogens is 1. The molecule has 10 aromatic rings. The van der Waals surface area contributed by atoms with Crippen molar-refractivity contribution in [2.75, 3.05) is 0 Å². The molecule has 4 nitrogen and oxygen atoms in total. The Morgan fingerprint density at radius 1 is 0.512 bits per heavy atom. The minimum atomic E-state index is 0.791. The number of thiophene rings is 2. The summed E-state index contributed by atoms with van der Waals surface area (Å²) in [7, 11) is 0. The van der Waals surface area contributed by atoms with Gasteiger partial charge in [0.2, 0.25) is 0 Å². The molecule has 4 aromatic carbocycles. The van der Waals surface area contributed by atoms with E-state index >= 15 is 0 Å². The molecule has 0 aliphatic heterocycles. The molecule has 0 radical (unpaired) electrons. The molecule has 196 valence electrons. The van der Waals surface area contributed by atoms with Crippen LogP contribution in [-0.4, -0.2) is 4.57 Å². The zero-order valence-electron chi connectivity index (χ0n) is 22.4. The van der Waals surface area contributed by atoms with E-state index in [1.165, 1.54) is 37.0 Å². The molecule has 6 heteroatoms. The molecule has 0 N–H and O–H groups in total. The first-order chi connectivity index (χ1) is 20.0. The second kappa shape index (κ2) is 7.40. The number of benzene rings is 4. The third-order valence-electron chi connectivity index (χ3n) is 8.41. The van der Waals surface area contributed by atoms with Crippen LogP contribution in [-0.2, 0) is 0 Å². The molecular weight excluding hydrogens is 547 g/mol. The molecule has 0 atom stereocenters. The van der Waals surface area contributed by atoms with Crippen molar-refractivity contribution in [1.29, 1.82) is 0 Å². The van der Waals surface area contributed by atoms with Crippen LogP contribution in [0.4, 0.5) is 0 Å². The van der Waals surface area contributed by atoms with Gasteiger partial charge in [0, 0.05) is 26.5 Å². The van der Waals surface area contributed by atoms with E-state index in [-0.39, 0.29) is 0 Å². The fraction of sp³-hybridized carbons (Fsp3) is 0.0857. The van der Waals surface area contributed by atoms with Crippen LogP contribution in [0.1, 0.15) is 16.7 Å². The molecule has 6 heterocycles. The van der Waals surface area contributed by atoms with Gasteiger partial charge in [0.25, 0.3) is 0 Å². The van der Waals surface area contributed by atoms with Crippen molar-refractivity contribution in [2.45, 2.75) is 20.8 Å². The summed E-state index contributed by atoms with van der Waals surface area (Å²) in [4.78, 5) is 0. The summed E-state index contributed by atoms with van der Waals surface area (Å²) in [6, 6.07) is 26.2. The summed E-state index contributed by atoms with van der Waals surface area (Å²) in [5.41, 5.74) is 12.3. The molecule has 0 saturated heterocycles. The second-order valence-electron chi connectivity index (χ2n) is 11.2. The summed E-state index contributed by atoms with van der Waals surface area (Å²) in [5, 5.41) is 4.40. The van der Waals surface area contributed by atoms with Crippen LogP contribution in [0.3, 0.4) is 0 Å². The van der Waals surface area contributed by atoms with E-state index in [1.54, 1.807) is 22.7 Å². The Balaban J connectivity index is 1.29. The zero-order valence-corrected chi connectivity index (χ0v) is 24.0. The van der Waals surface area contributed by atoms with Gasteiger partial charge in [-0.2, -0.15) is 0 Å². The lowest BCUT2D eigenvalue weighted by Gasteiger charge is -2.08. The van der Waals surface area contributed by atoms with Gasteiger partial charge in [-0.1, -0.05) is 35.9 Å². The second-order valence-corrected chi connectivity index (χ2v) is 13.3. The molecule has 0 fully saturated rings. The highest BCUT2D eigenvalue weighted by atomic mass is 32.1. The molecule has 0 aliphatic carbocycles. The largest absolute Gasteiger partial charge is 0.453 e. The van der Waals surface area contributed by atoms with Crippen molar-refractivity contribution in [3.63, 3.8) is 0 Å². The molecule has 6 aromatic heterocycles. The first-order valence-electron chi connectivity index (χ1n) is 13.7. The fourth-order valence-electron chi connectivity index (χ4n) is 6.42. The maximum atomic E-state index is 6.73. The number of aryl methyl sites for hydroxylation is 3. The quantitative estimate of drug-likeness (QED) is 0.198. The molecule has 41 heavy (non-hydrogen) atoms. The molecule has 0 spiro atoms. The van der Waals surface area contributed by atoms with E-state index in [4.69, 9.17) is 13.3 Å². The molecule has 0 saturated carbocycles. The van der Waals surface area contributed by atoms with E-state index in [0.717, 1.165) is 70.3 Å². The van der Waals surface area contributed by atoms with Crippen LogP contribution in [0, 0.1) is 20.8 Å². The minimum Gasteiger partial charge on any atom is -0.453 e. The van der Waals surface area contributed by atoms with E-state index < -0.39 is 0 Å². The Morgan fingerprint density at radius 2 is 1.22 bits per heavy atom. The van der Waals surface area contributed by atoms with Gasteiger partial charge >= 0.3 is 0 Å². The van der Waals surface area contributed by atoms with Crippen molar-refractivity contribution in [3.05, 3.63) is 89.5 Å². The van der Waals surface area contributed by atoms with E-state index in [1.807, 2.05) is 0 Å². The van der Waals surface area contributed by atoms with Crippen molar-refractivity contribution >= 4 is 108 Å². The van der Waals surface area contributed by atoms with Gasteiger partial charge in [-0.3, -0.25) is 0 Å². The van der Waals surface area contributed by atoms with Crippen LogP contribution in [0.5, 0.6) is 0 Å². The SMILES string of the molecule is Cc1ccc(-n2c3cc(C)ccc3c3sc4c5cc6oc7c(oc8c9ccc(C)cc9sc87)c6cc5oc4c32)cc1.